The van der Waals surface area contributed by atoms with Crippen molar-refractivity contribution in [2.24, 2.45) is 10.9 Å². The molecular formula is C20H27BrN2O5S2. The minimum absolute atomic E-state index is 0.0326. The summed E-state index contributed by atoms with van der Waals surface area (Å²) in [5.74, 6) is 0.908. The van der Waals surface area contributed by atoms with Gasteiger partial charge in [-0.3, -0.25) is 4.79 Å². The van der Waals surface area contributed by atoms with E-state index in [-0.39, 0.29) is 34.6 Å². The molecule has 0 unspecified atom stereocenters. The summed E-state index contributed by atoms with van der Waals surface area (Å²) < 4.78 is 36.8. The van der Waals surface area contributed by atoms with Crippen molar-refractivity contribution in [3.8, 4) is 11.5 Å². The van der Waals surface area contributed by atoms with E-state index < -0.39 is 9.84 Å². The van der Waals surface area contributed by atoms with Crippen molar-refractivity contribution < 1.29 is 22.7 Å². The number of fused-ring (bicyclic) bond motifs is 1. The molecule has 2 aliphatic rings. The molecular weight excluding hydrogens is 492 g/mol. The van der Waals surface area contributed by atoms with Crippen molar-refractivity contribution in [2.45, 2.75) is 45.4 Å². The fraction of sp³-hybridized carbons (Fsp3) is 0.600. The van der Waals surface area contributed by atoms with E-state index in [1.807, 2.05) is 44.7 Å². The van der Waals surface area contributed by atoms with Crippen molar-refractivity contribution >= 4 is 54.3 Å². The highest BCUT2D eigenvalue weighted by molar-refractivity contribution is 9.10. The largest absolute Gasteiger partial charge is 0.490 e. The van der Waals surface area contributed by atoms with Gasteiger partial charge in [-0.15, -0.1) is 0 Å². The van der Waals surface area contributed by atoms with Crippen LogP contribution < -0.4 is 14.4 Å². The highest BCUT2D eigenvalue weighted by atomic mass is 79.9. The maximum absolute atomic E-state index is 12.5. The average Bonchev–Trinajstić information content (AvgIpc) is 3.14. The Balaban J connectivity index is 2.09. The quantitative estimate of drug-likeness (QED) is 0.540. The first-order valence-electron chi connectivity index (χ1n) is 10.1. The highest BCUT2D eigenvalue weighted by Crippen LogP contribution is 2.46. The van der Waals surface area contributed by atoms with E-state index in [1.54, 1.807) is 0 Å². The number of hydrogen-bond acceptors (Lipinski definition) is 6. The Morgan fingerprint density at radius 2 is 1.87 bits per heavy atom. The zero-order valence-corrected chi connectivity index (χ0v) is 20.8. The SMILES string of the molecule is CCOc1cc(Br)c(N2C(=NC(=O)[C@H](C)CC)S[C@H]3CS(=O)(=O)C[C@H]32)cc1OCC. The van der Waals surface area contributed by atoms with E-state index >= 15 is 0 Å². The third-order valence-corrected chi connectivity index (χ3v) is 9.02. The van der Waals surface area contributed by atoms with Gasteiger partial charge in [0.25, 0.3) is 5.91 Å². The van der Waals surface area contributed by atoms with E-state index in [4.69, 9.17) is 9.47 Å². The van der Waals surface area contributed by atoms with Gasteiger partial charge in [-0.1, -0.05) is 25.6 Å². The van der Waals surface area contributed by atoms with Crippen LogP contribution in [0.4, 0.5) is 5.69 Å². The minimum Gasteiger partial charge on any atom is -0.490 e. The molecule has 2 aliphatic heterocycles. The molecule has 3 rings (SSSR count). The van der Waals surface area contributed by atoms with E-state index in [1.165, 1.54) is 11.8 Å². The Morgan fingerprint density at radius 3 is 2.47 bits per heavy atom. The molecule has 2 heterocycles. The van der Waals surface area contributed by atoms with Crippen molar-refractivity contribution in [1.29, 1.82) is 0 Å². The minimum atomic E-state index is -3.14. The van der Waals surface area contributed by atoms with E-state index in [0.717, 1.165) is 10.2 Å². The van der Waals surface area contributed by atoms with Gasteiger partial charge in [-0.05, 0) is 36.2 Å². The first-order valence-corrected chi connectivity index (χ1v) is 13.6. The number of halogens is 1. The number of carbonyl (C=O) groups is 1. The summed E-state index contributed by atoms with van der Waals surface area (Å²) in [6.45, 7) is 8.53. The van der Waals surface area contributed by atoms with Gasteiger partial charge in [0.1, 0.15) is 0 Å². The van der Waals surface area contributed by atoms with Gasteiger partial charge in [0.15, 0.2) is 26.5 Å². The van der Waals surface area contributed by atoms with E-state index in [0.29, 0.717) is 36.3 Å². The summed E-state index contributed by atoms with van der Waals surface area (Å²) in [5, 5.41) is 0.380. The number of nitrogens with zero attached hydrogens (tertiary/aromatic N) is 2. The number of thioether (sulfide) groups is 1. The lowest BCUT2D eigenvalue weighted by Gasteiger charge is -2.27. The number of ether oxygens (including phenoxy) is 2. The standard InChI is InChI=1S/C20H27BrN2O5S2/c1-5-12(4)19(24)22-20-23(15-10-30(25,26)11-18(15)29-20)14-9-17(28-7-3)16(27-6-2)8-13(14)21/h8-9,12,15,18H,5-7,10-11H2,1-4H3/t12-,15-,18+/m1/s1. The third kappa shape index (κ3) is 4.80. The number of anilines is 1. The molecule has 0 bridgehead atoms. The Labute approximate surface area is 190 Å². The predicted octanol–water partition coefficient (Wildman–Crippen LogP) is 3.89. The number of aliphatic imine (C=N–C) groups is 1. The molecule has 2 saturated heterocycles. The first kappa shape index (κ1) is 23.4. The fourth-order valence-corrected chi connectivity index (χ4v) is 7.90. The van der Waals surface area contributed by atoms with Crippen LogP contribution in [0.5, 0.6) is 11.5 Å². The monoisotopic (exact) mass is 518 g/mol. The smallest absolute Gasteiger partial charge is 0.250 e. The van der Waals surface area contributed by atoms with Gasteiger partial charge in [0.2, 0.25) is 0 Å². The van der Waals surface area contributed by atoms with Crippen molar-refractivity contribution in [3.63, 3.8) is 0 Å². The van der Waals surface area contributed by atoms with Crippen LogP contribution >= 0.6 is 27.7 Å². The maximum Gasteiger partial charge on any atom is 0.250 e. The predicted molar refractivity (Wildman–Crippen MR) is 125 cm³/mol. The molecule has 1 amide bonds. The second kappa shape index (κ2) is 9.48. The topological polar surface area (TPSA) is 85.3 Å². The summed E-state index contributed by atoms with van der Waals surface area (Å²) in [5.41, 5.74) is 0.717. The summed E-state index contributed by atoms with van der Waals surface area (Å²) in [4.78, 5) is 18.8. The molecule has 1 aromatic rings. The molecule has 0 spiro atoms. The van der Waals surface area contributed by atoms with Crippen LogP contribution in [0, 0.1) is 5.92 Å². The van der Waals surface area contributed by atoms with Crippen LogP contribution in [0.15, 0.2) is 21.6 Å². The van der Waals surface area contributed by atoms with Crippen molar-refractivity contribution in [1.82, 2.24) is 0 Å². The number of benzene rings is 1. The van der Waals surface area contributed by atoms with Crippen molar-refractivity contribution in [2.75, 3.05) is 29.6 Å². The van der Waals surface area contributed by atoms with Gasteiger partial charge in [-0.25, -0.2) is 8.42 Å². The summed E-state index contributed by atoms with van der Waals surface area (Å²) >= 11 is 4.97. The van der Waals surface area contributed by atoms with Gasteiger partial charge in [0, 0.05) is 27.8 Å². The highest BCUT2D eigenvalue weighted by Gasteiger charge is 2.50. The van der Waals surface area contributed by atoms with E-state index in [2.05, 4.69) is 20.9 Å². The molecule has 0 radical (unpaired) electrons. The van der Waals surface area contributed by atoms with Crippen LogP contribution in [-0.2, 0) is 14.6 Å². The lowest BCUT2D eigenvalue weighted by Crippen LogP contribution is -2.38. The number of rotatable bonds is 7. The molecule has 0 N–H and O–H groups in total. The Morgan fingerprint density at radius 1 is 1.23 bits per heavy atom. The molecule has 10 heteroatoms. The summed E-state index contributed by atoms with van der Waals surface area (Å²) in [7, 11) is -3.14. The zero-order chi connectivity index (χ0) is 22.1. The molecule has 7 nitrogen and oxygen atoms in total. The molecule has 30 heavy (non-hydrogen) atoms. The average molecular weight is 519 g/mol. The van der Waals surface area contributed by atoms with E-state index in [9.17, 15) is 13.2 Å². The summed E-state index contributed by atoms with van der Waals surface area (Å²) in [6.07, 6.45) is 0.697. The zero-order valence-electron chi connectivity index (χ0n) is 17.6. The van der Waals surface area contributed by atoms with Gasteiger partial charge in [0.05, 0.1) is 36.4 Å². The Bertz CT molecular complexity index is 951. The summed E-state index contributed by atoms with van der Waals surface area (Å²) in [6, 6.07) is 3.36. The first-order chi connectivity index (χ1) is 14.2. The lowest BCUT2D eigenvalue weighted by molar-refractivity contribution is -0.121. The van der Waals surface area contributed by atoms with Gasteiger partial charge in [-0.2, -0.15) is 4.99 Å². The molecule has 0 aromatic heterocycles. The third-order valence-electron chi connectivity index (χ3n) is 5.18. The van der Waals surface area contributed by atoms with Crippen LogP contribution in [-0.4, -0.2) is 55.5 Å². The van der Waals surface area contributed by atoms with Crippen LogP contribution in [0.2, 0.25) is 0 Å². The molecule has 1 aromatic carbocycles. The number of sulfone groups is 1. The van der Waals surface area contributed by atoms with Crippen LogP contribution in [0.1, 0.15) is 34.1 Å². The molecule has 0 aliphatic carbocycles. The second-order valence-electron chi connectivity index (χ2n) is 7.33. The molecule has 166 valence electrons. The molecule has 3 atom stereocenters. The second-order valence-corrected chi connectivity index (χ2v) is 11.5. The maximum atomic E-state index is 12.5. The van der Waals surface area contributed by atoms with Gasteiger partial charge < -0.3 is 14.4 Å². The number of amidine groups is 1. The Kier molecular flexibility index (Phi) is 7.40. The Hall–Kier alpha value is -1.26. The number of carbonyl (C=O) groups excluding carboxylic acids is 1. The number of hydrogen-bond donors (Lipinski definition) is 0. The van der Waals surface area contributed by atoms with Gasteiger partial charge >= 0.3 is 0 Å². The fourth-order valence-electron chi connectivity index (χ4n) is 3.47. The number of amides is 1. The van der Waals surface area contributed by atoms with Crippen LogP contribution in [0.25, 0.3) is 0 Å². The molecule has 0 saturated carbocycles. The normalized spacial score (nSPS) is 24.7. The van der Waals surface area contributed by atoms with Crippen LogP contribution in [0.3, 0.4) is 0 Å². The molecule has 2 fully saturated rings. The lowest BCUT2D eigenvalue weighted by atomic mass is 10.1. The van der Waals surface area contributed by atoms with Crippen molar-refractivity contribution in [3.05, 3.63) is 16.6 Å².